The van der Waals surface area contributed by atoms with Crippen molar-refractivity contribution in [3.8, 4) is 0 Å². The first-order chi connectivity index (χ1) is 6.22. The largest absolute Gasteiger partial charge is 0.462 e. The van der Waals surface area contributed by atoms with E-state index in [9.17, 15) is 4.79 Å². The lowest BCUT2D eigenvalue weighted by molar-refractivity contribution is -0.142. The van der Waals surface area contributed by atoms with Gasteiger partial charge in [0.1, 0.15) is 18.1 Å². The molecule has 0 N–H and O–H groups in total. The number of hydrogen-bond donors (Lipinski definition) is 0. The van der Waals surface area contributed by atoms with E-state index in [1.807, 2.05) is 12.1 Å². The fraction of sp³-hybridized carbons (Fsp3) is 0.500. The maximum absolute atomic E-state index is 10.5. The maximum Gasteiger partial charge on any atom is 0.303 e. The molecule has 3 heteroatoms. The SMILES string of the molecule is CCCc1ccc(COC(C)=O)o1. The second-order valence-corrected chi connectivity index (χ2v) is 2.90. The number of hydrogen-bond acceptors (Lipinski definition) is 3. The van der Waals surface area contributed by atoms with Crippen molar-refractivity contribution >= 4 is 5.97 Å². The molecule has 1 aromatic rings. The van der Waals surface area contributed by atoms with Crippen molar-refractivity contribution < 1.29 is 13.9 Å². The zero-order valence-corrected chi connectivity index (χ0v) is 8.00. The first-order valence-corrected chi connectivity index (χ1v) is 4.43. The normalized spacial score (nSPS) is 10.0. The van der Waals surface area contributed by atoms with Crippen molar-refractivity contribution in [2.24, 2.45) is 0 Å². The lowest BCUT2D eigenvalue weighted by Gasteiger charge is -1.97. The topological polar surface area (TPSA) is 39.4 Å². The van der Waals surface area contributed by atoms with Crippen LogP contribution in [-0.2, 0) is 22.6 Å². The van der Waals surface area contributed by atoms with Gasteiger partial charge in [-0.05, 0) is 18.6 Å². The van der Waals surface area contributed by atoms with Gasteiger partial charge in [-0.15, -0.1) is 0 Å². The number of carbonyl (C=O) groups is 1. The van der Waals surface area contributed by atoms with Gasteiger partial charge in [-0.3, -0.25) is 4.79 Å². The molecule has 13 heavy (non-hydrogen) atoms. The molecule has 1 rings (SSSR count). The molecule has 0 aliphatic carbocycles. The van der Waals surface area contributed by atoms with E-state index in [1.54, 1.807) is 0 Å². The zero-order valence-electron chi connectivity index (χ0n) is 8.00. The first kappa shape index (κ1) is 9.84. The van der Waals surface area contributed by atoms with Crippen LogP contribution in [0, 0.1) is 0 Å². The molecule has 1 aromatic heterocycles. The highest BCUT2D eigenvalue weighted by Crippen LogP contribution is 2.10. The third-order valence-electron chi connectivity index (χ3n) is 1.63. The summed E-state index contributed by atoms with van der Waals surface area (Å²) in [4.78, 5) is 10.5. The van der Waals surface area contributed by atoms with E-state index in [4.69, 9.17) is 9.15 Å². The van der Waals surface area contributed by atoms with Gasteiger partial charge in [-0.1, -0.05) is 6.92 Å². The molecule has 0 saturated carbocycles. The minimum Gasteiger partial charge on any atom is -0.462 e. The van der Waals surface area contributed by atoms with Gasteiger partial charge >= 0.3 is 5.97 Å². The number of esters is 1. The fourth-order valence-electron chi connectivity index (χ4n) is 1.05. The molecular weight excluding hydrogens is 168 g/mol. The van der Waals surface area contributed by atoms with Gasteiger partial charge in [0.15, 0.2) is 0 Å². The van der Waals surface area contributed by atoms with Crippen LogP contribution in [0.4, 0.5) is 0 Å². The molecule has 0 radical (unpaired) electrons. The van der Waals surface area contributed by atoms with Gasteiger partial charge in [0.25, 0.3) is 0 Å². The molecule has 0 spiro atoms. The lowest BCUT2D eigenvalue weighted by Crippen LogP contribution is -1.97. The highest BCUT2D eigenvalue weighted by atomic mass is 16.5. The van der Waals surface area contributed by atoms with Crippen molar-refractivity contribution in [2.75, 3.05) is 0 Å². The summed E-state index contributed by atoms with van der Waals surface area (Å²) < 4.78 is 10.2. The Hall–Kier alpha value is -1.25. The summed E-state index contributed by atoms with van der Waals surface area (Å²) >= 11 is 0. The smallest absolute Gasteiger partial charge is 0.303 e. The third kappa shape index (κ3) is 3.32. The van der Waals surface area contributed by atoms with Crippen LogP contribution in [0.2, 0.25) is 0 Å². The molecule has 3 nitrogen and oxygen atoms in total. The molecule has 0 amide bonds. The summed E-state index contributed by atoms with van der Waals surface area (Å²) in [6.07, 6.45) is 1.99. The molecule has 0 atom stereocenters. The van der Waals surface area contributed by atoms with E-state index in [2.05, 4.69) is 6.92 Å². The van der Waals surface area contributed by atoms with Crippen molar-refractivity contribution in [1.29, 1.82) is 0 Å². The lowest BCUT2D eigenvalue weighted by atomic mass is 10.3. The van der Waals surface area contributed by atoms with Crippen molar-refractivity contribution in [1.82, 2.24) is 0 Å². The Labute approximate surface area is 77.7 Å². The monoisotopic (exact) mass is 182 g/mol. The standard InChI is InChI=1S/C10H14O3/c1-3-4-9-5-6-10(13-9)7-12-8(2)11/h5-6H,3-4,7H2,1-2H3. The van der Waals surface area contributed by atoms with Crippen molar-refractivity contribution in [2.45, 2.75) is 33.3 Å². The fourth-order valence-corrected chi connectivity index (χ4v) is 1.05. The number of aryl methyl sites for hydroxylation is 1. The van der Waals surface area contributed by atoms with Crippen LogP contribution in [-0.4, -0.2) is 5.97 Å². The molecule has 0 bridgehead atoms. The van der Waals surface area contributed by atoms with Crippen LogP contribution in [0.5, 0.6) is 0 Å². The summed E-state index contributed by atoms with van der Waals surface area (Å²) in [7, 11) is 0. The highest BCUT2D eigenvalue weighted by molar-refractivity contribution is 5.65. The van der Waals surface area contributed by atoms with Gasteiger partial charge in [0.2, 0.25) is 0 Å². The van der Waals surface area contributed by atoms with Crippen LogP contribution in [0.1, 0.15) is 31.8 Å². The Morgan fingerprint density at radius 1 is 1.46 bits per heavy atom. The van der Waals surface area contributed by atoms with Crippen LogP contribution in [0.15, 0.2) is 16.5 Å². The van der Waals surface area contributed by atoms with Gasteiger partial charge in [0, 0.05) is 13.3 Å². The number of ether oxygens (including phenoxy) is 1. The van der Waals surface area contributed by atoms with Crippen LogP contribution < -0.4 is 0 Å². The second kappa shape index (κ2) is 4.70. The van der Waals surface area contributed by atoms with E-state index < -0.39 is 0 Å². The minimum absolute atomic E-state index is 0.235. The summed E-state index contributed by atoms with van der Waals surface area (Å²) in [5.41, 5.74) is 0. The van der Waals surface area contributed by atoms with E-state index in [0.717, 1.165) is 18.6 Å². The minimum atomic E-state index is -0.284. The Kier molecular flexibility index (Phi) is 3.55. The summed E-state index contributed by atoms with van der Waals surface area (Å²) in [6.45, 7) is 3.71. The molecular formula is C10H14O3. The molecule has 72 valence electrons. The maximum atomic E-state index is 10.5. The van der Waals surface area contributed by atoms with Gasteiger partial charge in [-0.25, -0.2) is 0 Å². The number of furan rings is 1. The number of carbonyl (C=O) groups excluding carboxylic acids is 1. The van der Waals surface area contributed by atoms with E-state index in [-0.39, 0.29) is 12.6 Å². The van der Waals surface area contributed by atoms with Gasteiger partial charge in [0.05, 0.1) is 0 Å². The Balaban J connectivity index is 2.44. The Morgan fingerprint density at radius 2 is 2.15 bits per heavy atom. The average Bonchev–Trinajstić information content (AvgIpc) is 2.50. The first-order valence-electron chi connectivity index (χ1n) is 4.43. The average molecular weight is 182 g/mol. The van der Waals surface area contributed by atoms with E-state index >= 15 is 0 Å². The van der Waals surface area contributed by atoms with Gasteiger partial charge < -0.3 is 9.15 Å². The molecule has 0 aliphatic heterocycles. The Morgan fingerprint density at radius 3 is 2.77 bits per heavy atom. The third-order valence-corrected chi connectivity index (χ3v) is 1.63. The van der Waals surface area contributed by atoms with Crippen LogP contribution in [0.25, 0.3) is 0 Å². The second-order valence-electron chi connectivity index (χ2n) is 2.90. The van der Waals surface area contributed by atoms with Crippen LogP contribution in [0.3, 0.4) is 0 Å². The van der Waals surface area contributed by atoms with Crippen LogP contribution >= 0.6 is 0 Å². The van der Waals surface area contributed by atoms with Crippen molar-refractivity contribution in [3.05, 3.63) is 23.7 Å². The summed E-state index contributed by atoms with van der Waals surface area (Å²) in [6, 6.07) is 3.76. The zero-order chi connectivity index (χ0) is 9.68. The molecule has 1 heterocycles. The predicted octanol–water partition coefficient (Wildman–Crippen LogP) is 2.30. The molecule has 0 fully saturated rings. The number of rotatable bonds is 4. The van der Waals surface area contributed by atoms with E-state index in [1.165, 1.54) is 6.92 Å². The highest BCUT2D eigenvalue weighted by Gasteiger charge is 2.02. The summed E-state index contributed by atoms with van der Waals surface area (Å²) in [5, 5.41) is 0. The molecule has 0 aliphatic rings. The molecule has 0 aromatic carbocycles. The van der Waals surface area contributed by atoms with E-state index in [0.29, 0.717) is 5.76 Å². The molecule has 0 saturated heterocycles. The van der Waals surface area contributed by atoms with Crippen molar-refractivity contribution in [3.63, 3.8) is 0 Å². The quantitative estimate of drug-likeness (QED) is 0.671. The predicted molar refractivity (Wildman–Crippen MR) is 48.2 cm³/mol. The Bertz CT molecular complexity index is 275. The van der Waals surface area contributed by atoms with Gasteiger partial charge in [-0.2, -0.15) is 0 Å². The molecule has 0 unspecified atom stereocenters. The summed E-state index contributed by atoms with van der Waals surface area (Å²) in [5.74, 6) is 1.37.